The minimum atomic E-state index is 0.600. The Hall–Kier alpha value is 0.0400. The van der Waals surface area contributed by atoms with E-state index in [2.05, 4.69) is 40.0 Å². The zero-order valence-corrected chi connectivity index (χ0v) is 15.0. The monoisotopic (exact) mass is 378 g/mol. The molecule has 0 radical (unpaired) electrons. The van der Waals surface area contributed by atoms with E-state index in [0.29, 0.717) is 22.0 Å². The summed E-state index contributed by atoms with van der Waals surface area (Å²) >= 11 is 16.0. The summed E-state index contributed by atoms with van der Waals surface area (Å²) in [4.78, 5) is 2.34. The Morgan fingerprint density at radius 3 is 2.75 bits per heavy atom. The van der Waals surface area contributed by atoms with Crippen LogP contribution in [0.3, 0.4) is 0 Å². The van der Waals surface area contributed by atoms with E-state index in [1.54, 1.807) is 0 Å². The van der Waals surface area contributed by atoms with Crippen LogP contribution < -0.4 is 10.2 Å². The number of piperidine rings is 1. The van der Waals surface area contributed by atoms with Crippen molar-refractivity contribution in [1.82, 2.24) is 5.32 Å². The Kier molecular flexibility index (Phi) is 6.03. The topological polar surface area (TPSA) is 15.3 Å². The molecule has 1 N–H and O–H groups in total. The maximum Gasteiger partial charge on any atom is 0.0837 e. The molecule has 0 aliphatic carbocycles. The van der Waals surface area contributed by atoms with E-state index in [4.69, 9.17) is 23.2 Å². The van der Waals surface area contributed by atoms with Gasteiger partial charge in [0.2, 0.25) is 0 Å². The summed E-state index contributed by atoms with van der Waals surface area (Å²) in [5, 5.41) is 4.88. The van der Waals surface area contributed by atoms with Gasteiger partial charge in [-0.1, -0.05) is 37.0 Å². The first-order valence-electron chi connectivity index (χ1n) is 7.16. The molecule has 0 spiro atoms. The number of hydrogen-bond acceptors (Lipinski definition) is 2. The van der Waals surface area contributed by atoms with Gasteiger partial charge >= 0.3 is 0 Å². The van der Waals surface area contributed by atoms with Gasteiger partial charge in [-0.3, -0.25) is 0 Å². The molecule has 2 nitrogen and oxygen atoms in total. The highest BCUT2D eigenvalue weighted by molar-refractivity contribution is 9.10. The number of benzene rings is 1. The highest BCUT2D eigenvalue weighted by Crippen LogP contribution is 2.39. The van der Waals surface area contributed by atoms with E-state index >= 15 is 0 Å². The zero-order chi connectivity index (χ0) is 14.7. The van der Waals surface area contributed by atoms with E-state index in [1.165, 1.54) is 6.42 Å². The number of anilines is 1. The lowest BCUT2D eigenvalue weighted by Crippen LogP contribution is -2.48. The highest BCUT2D eigenvalue weighted by atomic mass is 79.9. The average molecular weight is 380 g/mol. The molecule has 0 aromatic heterocycles. The van der Waals surface area contributed by atoms with Gasteiger partial charge in [0.25, 0.3) is 0 Å². The minimum Gasteiger partial charge on any atom is -0.370 e. The van der Waals surface area contributed by atoms with Gasteiger partial charge in [0.1, 0.15) is 0 Å². The van der Waals surface area contributed by atoms with E-state index < -0.39 is 0 Å². The maximum absolute atomic E-state index is 6.38. The molecular formula is C15H21BrCl2N2. The molecule has 0 amide bonds. The molecule has 1 aliphatic rings. The standard InChI is InChI=1S/C15H21BrCl2N2/c1-3-7-19-12-6-8-20(9-10(12)2)13-5-4-11(16)14(17)15(13)18/h4-5,10,12,19H,3,6-9H2,1-2H3. The number of nitrogens with zero attached hydrogens (tertiary/aromatic N) is 1. The molecule has 20 heavy (non-hydrogen) atoms. The van der Waals surface area contributed by atoms with E-state index in [1.807, 2.05) is 12.1 Å². The van der Waals surface area contributed by atoms with E-state index in [-0.39, 0.29) is 0 Å². The van der Waals surface area contributed by atoms with Crippen molar-refractivity contribution in [3.8, 4) is 0 Å². The van der Waals surface area contributed by atoms with E-state index in [0.717, 1.165) is 36.2 Å². The second-order valence-electron chi connectivity index (χ2n) is 5.47. The third kappa shape index (κ3) is 3.62. The Morgan fingerprint density at radius 2 is 2.10 bits per heavy atom. The summed E-state index contributed by atoms with van der Waals surface area (Å²) in [7, 11) is 0. The molecule has 1 heterocycles. The Balaban J connectivity index is 2.08. The first-order valence-corrected chi connectivity index (χ1v) is 8.71. The van der Waals surface area contributed by atoms with Crippen LogP contribution in [0.5, 0.6) is 0 Å². The lowest BCUT2D eigenvalue weighted by Gasteiger charge is -2.39. The Bertz CT molecular complexity index is 467. The van der Waals surface area contributed by atoms with Crippen molar-refractivity contribution in [3.05, 3.63) is 26.7 Å². The van der Waals surface area contributed by atoms with Crippen LogP contribution in [-0.4, -0.2) is 25.7 Å². The lowest BCUT2D eigenvalue weighted by atomic mass is 9.93. The molecule has 1 fully saturated rings. The van der Waals surface area contributed by atoms with Gasteiger partial charge in [-0.25, -0.2) is 0 Å². The van der Waals surface area contributed by atoms with Crippen LogP contribution >= 0.6 is 39.1 Å². The van der Waals surface area contributed by atoms with Crippen molar-refractivity contribution < 1.29 is 0 Å². The van der Waals surface area contributed by atoms with Gasteiger partial charge < -0.3 is 10.2 Å². The van der Waals surface area contributed by atoms with Crippen LogP contribution in [0, 0.1) is 5.92 Å². The van der Waals surface area contributed by atoms with Crippen molar-refractivity contribution in [2.24, 2.45) is 5.92 Å². The fourth-order valence-corrected chi connectivity index (χ4v) is 3.65. The summed E-state index contributed by atoms with van der Waals surface area (Å²) in [5.74, 6) is 0.605. The summed E-state index contributed by atoms with van der Waals surface area (Å²) in [6, 6.07) is 4.62. The number of nitrogens with one attached hydrogen (secondary N) is 1. The summed E-state index contributed by atoms with van der Waals surface area (Å²) < 4.78 is 0.848. The maximum atomic E-state index is 6.38. The molecule has 1 aromatic carbocycles. The van der Waals surface area contributed by atoms with Crippen LogP contribution in [-0.2, 0) is 0 Å². The second-order valence-corrected chi connectivity index (χ2v) is 7.08. The van der Waals surface area contributed by atoms with Crippen LogP contribution in [0.2, 0.25) is 10.0 Å². The number of halogens is 3. The molecule has 112 valence electrons. The van der Waals surface area contributed by atoms with Crippen LogP contribution in [0.4, 0.5) is 5.69 Å². The molecular weight excluding hydrogens is 359 g/mol. The smallest absolute Gasteiger partial charge is 0.0837 e. The normalized spacial score (nSPS) is 23.1. The zero-order valence-electron chi connectivity index (χ0n) is 11.9. The predicted octanol–water partition coefficient (Wildman–Crippen LogP) is 4.97. The molecule has 2 rings (SSSR count). The first-order chi connectivity index (χ1) is 9.54. The van der Waals surface area contributed by atoms with Crippen molar-refractivity contribution in [1.29, 1.82) is 0 Å². The van der Waals surface area contributed by atoms with Gasteiger partial charge in [-0.2, -0.15) is 0 Å². The third-order valence-electron chi connectivity index (χ3n) is 3.92. The fourth-order valence-electron chi connectivity index (χ4n) is 2.76. The van der Waals surface area contributed by atoms with Crippen molar-refractivity contribution >= 4 is 44.8 Å². The van der Waals surface area contributed by atoms with Gasteiger partial charge in [0.15, 0.2) is 0 Å². The van der Waals surface area contributed by atoms with Crippen LogP contribution in [0.1, 0.15) is 26.7 Å². The van der Waals surface area contributed by atoms with Gasteiger partial charge in [0.05, 0.1) is 15.7 Å². The molecule has 2 atom stereocenters. The molecule has 1 aliphatic heterocycles. The summed E-state index contributed by atoms with van der Waals surface area (Å²) in [5.41, 5.74) is 1.04. The van der Waals surface area contributed by atoms with Crippen LogP contribution in [0.25, 0.3) is 0 Å². The second kappa shape index (κ2) is 7.35. The molecule has 0 bridgehead atoms. The largest absolute Gasteiger partial charge is 0.370 e. The van der Waals surface area contributed by atoms with Crippen molar-refractivity contribution in [2.45, 2.75) is 32.7 Å². The molecule has 2 unspecified atom stereocenters. The average Bonchev–Trinajstić information content (AvgIpc) is 2.44. The molecule has 5 heteroatoms. The highest BCUT2D eigenvalue weighted by Gasteiger charge is 2.27. The van der Waals surface area contributed by atoms with Crippen molar-refractivity contribution in [3.63, 3.8) is 0 Å². The lowest BCUT2D eigenvalue weighted by molar-refractivity contribution is 0.322. The first kappa shape index (κ1) is 16.4. The van der Waals surface area contributed by atoms with Gasteiger partial charge in [-0.15, -0.1) is 0 Å². The Labute approximate surface area is 139 Å². The molecule has 0 saturated carbocycles. The Morgan fingerprint density at radius 1 is 1.35 bits per heavy atom. The SMILES string of the molecule is CCCNC1CCN(c2ccc(Br)c(Cl)c2Cl)CC1C. The summed E-state index contributed by atoms with van der Waals surface area (Å²) in [6.45, 7) is 7.63. The minimum absolute atomic E-state index is 0.600. The quantitative estimate of drug-likeness (QED) is 0.743. The summed E-state index contributed by atoms with van der Waals surface area (Å²) in [6.07, 6.45) is 2.33. The molecule has 1 saturated heterocycles. The van der Waals surface area contributed by atoms with Crippen molar-refractivity contribution in [2.75, 3.05) is 24.5 Å². The fraction of sp³-hybridized carbons (Fsp3) is 0.600. The third-order valence-corrected chi connectivity index (χ3v) is 5.68. The molecule has 1 aromatic rings. The van der Waals surface area contributed by atoms with Gasteiger partial charge in [-0.05, 0) is 53.4 Å². The number of rotatable bonds is 4. The van der Waals surface area contributed by atoms with E-state index in [9.17, 15) is 0 Å². The predicted molar refractivity (Wildman–Crippen MR) is 92.2 cm³/mol. The van der Waals surface area contributed by atoms with Gasteiger partial charge in [0, 0.05) is 23.6 Å². The van der Waals surface area contributed by atoms with Crippen LogP contribution in [0.15, 0.2) is 16.6 Å². The number of hydrogen-bond donors (Lipinski definition) is 1.